The first-order chi connectivity index (χ1) is 55.0. The van der Waals surface area contributed by atoms with E-state index in [-0.39, 0.29) is 96.2 Å². The molecule has 15 aromatic rings. The zero-order valence-corrected chi connectivity index (χ0v) is 71.4. The molecule has 0 N–H and O–H groups in total. The SMILES string of the molecule is CC(C)(C)c1cc(-c2ccccc2)c(N2c3cc(C(C)(C)C)cc4c3B(c3c2cc2c5c3[Se]c3ccccc3B5c3cccc5c3N2c2ccccc2[Se]5)c2c(cc3c5c2[Se]c2ccccc2B5c2cccc5c2N3c2ccccc2[Se]5)N4c2c(-c3ccccc3)cc(C(C)(C)C)cc2-c2ccccc2)c(-c2ccccc2)c1. The van der Waals surface area contributed by atoms with Gasteiger partial charge in [-0.05, 0) is 0 Å². The minimum absolute atomic E-state index is 0.00983. The van der Waals surface area contributed by atoms with Gasteiger partial charge in [0.15, 0.2) is 0 Å². The Morgan fingerprint density at radius 2 is 0.487 bits per heavy atom. The van der Waals surface area contributed by atoms with Crippen LogP contribution in [0.3, 0.4) is 0 Å². The van der Waals surface area contributed by atoms with E-state index in [1.54, 1.807) is 0 Å². The molecular formula is C102H77B3N4Se4. The first-order valence-corrected chi connectivity index (χ1v) is 46.6. The van der Waals surface area contributed by atoms with Crippen molar-refractivity contribution < 1.29 is 0 Å². The Hall–Kier alpha value is -10.2. The number of benzene rings is 15. The van der Waals surface area contributed by atoms with Crippen molar-refractivity contribution in [2.75, 3.05) is 19.6 Å². The van der Waals surface area contributed by atoms with Crippen LogP contribution < -0.4 is 104 Å². The van der Waals surface area contributed by atoms with Gasteiger partial charge in [-0.2, -0.15) is 0 Å². The first kappa shape index (κ1) is 68.4. The second kappa shape index (κ2) is 25.1. The Balaban J connectivity index is 0.965. The molecule has 0 saturated heterocycles. The summed E-state index contributed by atoms with van der Waals surface area (Å²) in [6.45, 7) is 21.5. The number of nitrogens with zero attached hydrogens (tertiary/aromatic N) is 4. The molecule has 8 heterocycles. The molecule has 15 aromatic carbocycles. The first-order valence-electron chi connectivity index (χ1n) is 39.7. The summed E-state index contributed by atoms with van der Waals surface area (Å²) in [6.07, 6.45) is 0. The van der Waals surface area contributed by atoms with Gasteiger partial charge in [-0.15, -0.1) is 0 Å². The molecule has 23 rings (SSSR count). The fourth-order valence-electron chi connectivity index (χ4n) is 19.7. The predicted molar refractivity (Wildman–Crippen MR) is 490 cm³/mol. The number of hydrogen-bond donors (Lipinski definition) is 0. The van der Waals surface area contributed by atoms with Gasteiger partial charge in [0.05, 0.1) is 0 Å². The molecule has 0 radical (unpaired) electrons. The van der Waals surface area contributed by atoms with Crippen LogP contribution in [0.4, 0.5) is 68.2 Å². The van der Waals surface area contributed by atoms with E-state index in [4.69, 9.17) is 0 Å². The van der Waals surface area contributed by atoms with Gasteiger partial charge < -0.3 is 0 Å². The monoisotopic (exact) mass is 1710 g/mol. The Labute approximate surface area is 689 Å². The third-order valence-corrected chi connectivity index (χ3v) is 34.8. The van der Waals surface area contributed by atoms with Gasteiger partial charge in [0.25, 0.3) is 0 Å². The van der Waals surface area contributed by atoms with Crippen LogP contribution in [0.25, 0.3) is 44.5 Å². The van der Waals surface area contributed by atoms with Gasteiger partial charge in [-0.25, -0.2) is 0 Å². The Morgan fingerprint density at radius 1 is 0.212 bits per heavy atom. The van der Waals surface area contributed by atoms with Crippen LogP contribution in [0.2, 0.25) is 0 Å². The Kier molecular flexibility index (Phi) is 15.2. The fourth-order valence-corrected chi connectivity index (χ4v) is 29.9. The Morgan fingerprint density at radius 3 is 0.841 bits per heavy atom. The van der Waals surface area contributed by atoms with Crippen molar-refractivity contribution in [1.82, 2.24) is 0 Å². The average Bonchev–Trinajstić information content (AvgIpc) is 0.662. The number of hydrogen-bond acceptors (Lipinski definition) is 4. The summed E-state index contributed by atoms with van der Waals surface area (Å²) in [7, 11) is 0. The van der Waals surface area contributed by atoms with Crippen molar-refractivity contribution in [2.24, 2.45) is 0 Å². The van der Waals surface area contributed by atoms with Crippen LogP contribution in [-0.2, 0) is 16.2 Å². The number of para-hydroxylation sites is 4. The molecule has 0 aliphatic carbocycles. The van der Waals surface area contributed by atoms with E-state index in [9.17, 15) is 0 Å². The maximum atomic E-state index is 2.90. The van der Waals surface area contributed by atoms with Crippen molar-refractivity contribution in [3.8, 4) is 44.5 Å². The van der Waals surface area contributed by atoms with Gasteiger partial charge in [-0.3, -0.25) is 0 Å². The minimum atomic E-state index is -0.345. The molecule has 0 spiro atoms. The quantitative estimate of drug-likeness (QED) is 0.154. The van der Waals surface area contributed by atoms with E-state index in [0.717, 1.165) is 0 Å². The van der Waals surface area contributed by atoms with Crippen molar-refractivity contribution in [2.45, 2.75) is 78.6 Å². The van der Waals surface area contributed by atoms with Crippen LogP contribution >= 0.6 is 0 Å². The molecule has 0 saturated carbocycles. The van der Waals surface area contributed by atoms with Gasteiger partial charge >= 0.3 is 696 Å². The summed E-state index contributed by atoms with van der Waals surface area (Å²) in [4.78, 5) is 11.4. The standard InChI is InChI=1S/C102H77B3N4Se4/c1-100(2,3)64-52-67(60-32-14-10-15-33-60)94(68(53-64)61-34-16-11-17-35-61)108-77-56-66(102(7,8)9)57-78-89(77)105(92-81(108)58-79-90-98(92)112-83-46-26-22-40-71(83)103(90)73-42-30-50-87-96(73)106(79)75-44-24-28-48-85(75)110-87)93-82(109(78)95-69(62-36-18-12-19-37-62)54-65(101(4,5)6)55-70(95)63-38-20-13-21-39-63)59-80-91-99(93)113-84-47-27-23-41-72(84)104(91)74-43-31-51-88-97(74)107(80)76-45-25-29-49-86(76)111-88/h10-59H,1-9H3. The molecule has 113 heavy (non-hydrogen) atoms. The third kappa shape index (κ3) is 10.2. The van der Waals surface area contributed by atoms with Crippen molar-refractivity contribution >= 4 is 233 Å². The third-order valence-electron chi connectivity index (χ3n) is 24.9. The summed E-state index contributed by atoms with van der Waals surface area (Å²) in [6, 6.07) is 120. The van der Waals surface area contributed by atoms with E-state index < -0.39 is 0 Å². The van der Waals surface area contributed by atoms with Gasteiger partial charge in [0.1, 0.15) is 0 Å². The second-order valence-corrected chi connectivity index (χ2v) is 43.5. The predicted octanol–water partition coefficient (Wildman–Crippen LogP) is 12.8. The van der Waals surface area contributed by atoms with Crippen molar-refractivity contribution in [3.63, 3.8) is 0 Å². The van der Waals surface area contributed by atoms with Crippen molar-refractivity contribution in [1.29, 1.82) is 0 Å². The molecule has 0 atom stereocenters. The van der Waals surface area contributed by atoms with Crippen LogP contribution in [0, 0.1) is 0 Å². The zero-order chi connectivity index (χ0) is 75.8. The van der Waals surface area contributed by atoms with Crippen molar-refractivity contribution in [3.05, 3.63) is 320 Å². The van der Waals surface area contributed by atoms with Crippen LogP contribution in [-0.4, -0.2) is 80.0 Å². The average molecular weight is 1710 g/mol. The summed E-state index contributed by atoms with van der Waals surface area (Å²) < 4.78 is 11.7. The van der Waals surface area contributed by atoms with Gasteiger partial charge in [-0.1, -0.05) is 0 Å². The molecule has 8 aliphatic rings. The topological polar surface area (TPSA) is 13.0 Å². The molecule has 8 aliphatic heterocycles. The molecule has 11 heteroatoms. The summed E-state index contributed by atoms with van der Waals surface area (Å²) in [5.74, 6) is 0. The molecule has 538 valence electrons. The molecule has 0 bridgehead atoms. The summed E-state index contributed by atoms with van der Waals surface area (Å²) >= 11 is -0.201. The molecule has 4 nitrogen and oxygen atoms in total. The maximum absolute atomic E-state index is 2.90. The van der Waals surface area contributed by atoms with Crippen LogP contribution in [0.1, 0.15) is 79.0 Å². The molecule has 0 unspecified atom stereocenters. The van der Waals surface area contributed by atoms with Gasteiger partial charge in [0, 0.05) is 0 Å². The van der Waals surface area contributed by atoms with E-state index >= 15 is 0 Å². The fraction of sp³-hybridized carbons (Fsp3) is 0.118. The number of rotatable bonds is 6. The molecule has 0 amide bonds. The summed E-state index contributed by atoms with van der Waals surface area (Å²) in [5.41, 5.74) is 41.0. The molecule has 0 aromatic heterocycles. The van der Waals surface area contributed by atoms with E-state index in [2.05, 4.69) is 385 Å². The Bertz CT molecular complexity index is 6120. The van der Waals surface area contributed by atoms with E-state index in [1.807, 2.05) is 0 Å². The molecular weight excluding hydrogens is 1630 g/mol. The van der Waals surface area contributed by atoms with E-state index in [0.29, 0.717) is 0 Å². The number of anilines is 12. The second-order valence-electron chi connectivity index (χ2n) is 34.6. The number of fused-ring (bicyclic) bond motifs is 18. The summed E-state index contributed by atoms with van der Waals surface area (Å²) in [5, 5.41) is 0. The van der Waals surface area contributed by atoms with Crippen LogP contribution in [0.5, 0.6) is 0 Å². The van der Waals surface area contributed by atoms with Crippen LogP contribution in [0.15, 0.2) is 303 Å². The van der Waals surface area contributed by atoms with Gasteiger partial charge in [0.2, 0.25) is 0 Å². The van der Waals surface area contributed by atoms with E-state index in [1.165, 1.54) is 214 Å². The normalized spacial score (nSPS) is 14.5. The zero-order valence-electron chi connectivity index (χ0n) is 64.5. The molecule has 0 fully saturated rings.